The molecule has 8 nitrogen and oxygen atoms in total. The van der Waals surface area contributed by atoms with Gasteiger partial charge >= 0.3 is 6.03 Å². The molecule has 0 unspecified atom stereocenters. The number of likely N-dealkylation sites (N-methyl/N-ethyl adjacent to an activating group) is 1. The zero-order valence-electron chi connectivity index (χ0n) is 16.2. The number of amides is 2. The summed E-state index contributed by atoms with van der Waals surface area (Å²) in [6, 6.07) is 15.6. The van der Waals surface area contributed by atoms with E-state index in [2.05, 4.69) is 31.7 Å². The van der Waals surface area contributed by atoms with E-state index >= 15 is 0 Å². The van der Waals surface area contributed by atoms with E-state index in [-0.39, 0.29) is 18.1 Å². The Morgan fingerprint density at radius 3 is 2.87 bits per heavy atom. The number of benzene rings is 2. The second kappa shape index (κ2) is 8.53. The van der Waals surface area contributed by atoms with Crippen molar-refractivity contribution in [3.8, 4) is 17.5 Å². The van der Waals surface area contributed by atoms with E-state index in [0.717, 1.165) is 5.56 Å². The van der Waals surface area contributed by atoms with Gasteiger partial charge in [-0.05, 0) is 55.9 Å². The van der Waals surface area contributed by atoms with Gasteiger partial charge in [-0.3, -0.25) is 4.90 Å². The van der Waals surface area contributed by atoms with E-state index in [1.165, 1.54) is 0 Å². The maximum atomic E-state index is 12.3. The topological polar surface area (TPSA) is 107 Å². The van der Waals surface area contributed by atoms with Crippen molar-refractivity contribution in [2.24, 2.45) is 0 Å². The quantitative estimate of drug-likeness (QED) is 0.661. The van der Waals surface area contributed by atoms with Crippen LogP contribution in [0, 0.1) is 11.3 Å². The molecule has 0 radical (unpaired) electrons. The summed E-state index contributed by atoms with van der Waals surface area (Å²) in [5.41, 5.74) is 1.88. The summed E-state index contributed by atoms with van der Waals surface area (Å²) in [4.78, 5) is 18.9. The Morgan fingerprint density at radius 2 is 2.10 bits per heavy atom. The Kier molecular flexibility index (Phi) is 5.65. The zero-order chi connectivity index (χ0) is 21.1. The monoisotopic (exact) mass is 422 g/mol. The molecule has 9 heteroatoms. The van der Waals surface area contributed by atoms with E-state index in [1.807, 2.05) is 19.2 Å². The Hall–Kier alpha value is -3.41. The van der Waals surface area contributed by atoms with Gasteiger partial charge in [0.2, 0.25) is 11.7 Å². The minimum absolute atomic E-state index is 0.0787. The first-order valence-corrected chi connectivity index (χ1v) is 9.77. The largest absolute Gasteiger partial charge is 0.337 e. The molecule has 152 valence electrons. The van der Waals surface area contributed by atoms with E-state index in [4.69, 9.17) is 21.4 Å². The first-order valence-electron chi connectivity index (χ1n) is 9.39. The Balaban J connectivity index is 1.38. The number of nitrogens with zero attached hydrogens (tertiary/aromatic N) is 4. The van der Waals surface area contributed by atoms with Crippen LogP contribution in [0.3, 0.4) is 0 Å². The number of hydrogen-bond acceptors (Lipinski definition) is 6. The number of nitrogens with one attached hydrogen (secondary N) is 2. The maximum absolute atomic E-state index is 12.3. The highest BCUT2D eigenvalue weighted by Crippen LogP contribution is 2.31. The highest BCUT2D eigenvalue weighted by Gasteiger charge is 2.35. The number of urea groups is 1. The van der Waals surface area contributed by atoms with Crippen molar-refractivity contribution < 1.29 is 9.32 Å². The molecule has 2 aromatic carbocycles. The van der Waals surface area contributed by atoms with Crippen LogP contribution in [0.15, 0.2) is 53.1 Å². The lowest BCUT2D eigenvalue weighted by Crippen LogP contribution is -2.39. The van der Waals surface area contributed by atoms with Gasteiger partial charge < -0.3 is 15.2 Å². The third-order valence-corrected chi connectivity index (χ3v) is 5.21. The number of carbonyl (C=O) groups is 1. The molecule has 0 bridgehead atoms. The molecule has 0 aliphatic carbocycles. The van der Waals surface area contributed by atoms with Crippen LogP contribution in [-0.4, -0.2) is 40.7 Å². The lowest BCUT2D eigenvalue weighted by Gasteiger charge is -2.14. The first-order chi connectivity index (χ1) is 14.5. The molecule has 1 aromatic heterocycles. The molecule has 0 saturated carbocycles. The van der Waals surface area contributed by atoms with Crippen LogP contribution >= 0.6 is 11.6 Å². The fraction of sp³-hybridized carbons (Fsp3) is 0.238. The molecular weight excluding hydrogens is 404 g/mol. The van der Waals surface area contributed by atoms with Crippen molar-refractivity contribution in [1.29, 1.82) is 5.26 Å². The summed E-state index contributed by atoms with van der Waals surface area (Å²) in [6.07, 6.45) is 0.643. The summed E-state index contributed by atoms with van der Waals surface area (Å²) in [5.74, 6) is 1.01. The van der Waals surface area contributed by atoms with Crippen molar-refractivity contribution in [1.82, 2.24) is 20.4 Å². The highest BCUT2D eigenvalue weighted by atomic mass is 35.5. The Morgan fingerprint density at radius 1 is 1.30 bits per heavy atom. The summed E-state index contributed by atoms with van der Waals surface area (Å²) in [7, 11) is 1.95. The number of anilines is 1. The molecule has 1 fully saturated rings. The van der Waals surface area contributed by atoms with Crippen molar-refractivity contribution in [2.45, 2.75) is 18.5 Å². The molecule has 1 aliphatic heterocycles. The zero-order valence-corrected chi connectivity index (χ0v) is 16.9. The molecule has 1 saturated heterocycles. The van der Waals surface area contributed by atoms with Gasteiger partial charge in [-0.2, -0.15) is 10.2 Å². The fourth-order valence-corrected chi connectivity index (χ4v) is 3.62. The first kappa shape index (κ1) is 19.9. The third-order valence-electron chi connectivity index (χ3n) is 4.96. The minimum Gasteiger partial charge on any atom is -0.337 e. The number of carbonyl (C=O) groups excluding carboxylic acids is 1. The summed E-state index contributed by atoms with van der Waals surface area (Å²) < 4.78 is 5.48. The van der Waals surface area contributed by atoms with Gasteiger partial charge in [-0.15, -0.1) is 0 Å². The SMILES string of the molecule is CN1C[C@@H](NC(=O)Nc2cccc(C#N)c2)C[C@H]1c1nc(-c2ccc(Cl)cc2)no1. The van der Waals surface area contributed by atoms with Crippen molar-refractivity contribution >= 4 is 23.3 Å². The van der Waals surface area contributed by atoms with Crippen molar-refractivity contribution in [2.75, 3.05) is 18.9 Å². The van der Waals surface area contributed by atoms with E-state index < -0.39 is 0 Å². The van der Waals surface area contributed by atoms with Crippen LogP contribution in [0.5, 0.6) is 0 Å². The molecular formula is C21H19ClN6O2. The highest BCUT2D eigenvalue weighted by molar-refractivity contribution is 6.30. The summed E-state index contributed by atoms with van der Waals surface area (Å²) >= 11 is 5.93. The van der Waals surface area contributed by atoms with Gasteiger partial charge in [0.15, 0.2) is 0 Å². The lowest BCUT2D eigenvalue weighted by atomic mass is 10.1. The van der Waals surface area contributed by atoms with E-state index in [1.54, 1.807) is 36.4 Å². The second-order valence-electron chi connectivity index (χ2n) is 7.14. The predicted octanol–water partition coefficient (Wildman–Crippen LogP) is 3.83. The molecule has 0 spiro atoms. The summed E-state index contributed by atoms with van der Waals surface area (Å²) in [6.45, 7) is 0.648. The predicted molar refractivity (Wildman–Crippen MR) is 112 cm³/mol. The van der Waals surface area contributed by atoms with E-state index in [9.17, 15) is 4.79 Å². The number of hydrogen-bond donors (Lipinski definition) is 2. The Bertz CT molecular complexity index is 1090. The smallest absolute Gasteiger partial charge is 0.319 e. The van der Waals surface area contributed by atoms with Crippen LogP contribution in [0.1, 0.15) is 23.9 Å². The second-order valence-corrected chi connectivity index (χ2v) is 7.58. The molecule has 4 rings (SSSR count). The molecule has 2 N–H and O–H groups in total. The van der Waals surface area contributed by atoms with Gasteiger partial charge in [-0.1, -0.05) is 22.8 Å². The number of rotatable bonds is 4. The molecule has 3 aromatic rings. The molecule has 1 aliphatic rings. The van der Waals surface area contributed by atoms with Gasteiger partial charge in [0.05, 0.1) is 17.7 Å². The maximum Gasteiger partial charge on any atom is 0.319 e. The van der Waals surface area contributed by atoms with Crippen LogP contribution in [0.4, 0.5) is 10.5 Å². The molecule has 30 heavy (non-hydrogen) atoms. The molecule has 2 heterocycles. The van der Waals surface area contributed by atoms with Crippen molar-refractivity contribution in [3.05, 3.63) is 65.0 Å². The van der Waals surface area contributed by atoms with E-state index in [0.29, 0.717) is 41.0 Å². The van der Waals surface area contributed by atoms with Gasteiger partial charge in [0.1, 0.15) is 0 Å². The number of nitriles is 1. The normalized spacial score (nSPS) is 18.7. The summed E-state index contributed by atoms with van der Waals surface area (Å²) in [5, 5.41) is 19.4. The van der Waals surface area contributed by atoms with Gasteiger partial charge in [0.25, 0.3) is 0 Å². The van der Waals surface area contributed by atoms with Gasteiger partial charge in [-0.25, -0.2) is 4.79 Å². The molecule has 2 amide bonds. The van der Waals surface area contributed by atoms with Crippen molar-refractivity contribution in [3.63, 3.8) is 0 Å². The van der Waals surface area contributed by atoms with Crippen LogP contribution in [0.25, 0.3) is 11.4 Å². The van der Waals surface area contributed by atoms with Crippen LogP contribution < -0.4 is 10.6 Å². The standard InChI is InChI=1S/C21H19ClN6O2/c1-28-12-17(25-21(29)24-16-4-2-3-13(9-16)11-23)10-18(28)20-26-19(27-30-20)14-5-7-15(22)8-6-14/h2-9,17-18H,10,12H2,1H3,(H2,24,25,29)/t17-,18-/m0/s1. The lowest BCUT2D eigenvalue weighted by molar-refractivity contribution is 0.243. The average molecular weight is 423 g/mol. The number of halogens is 1. The Labute approximate surface area is 178 Å². The van der Waals surface area contributed by atoms with Crippen LogP contribution in [0.2, 0.25) is 5.02 Å². The number of aromatic nitrogens is 2. The average Bonchev–Trinajstić information content (AvgIpc) is 3.35. The third kappa shape index (κ3) is 4.43. The van der Waals surface area contributed by atoms with Crippen LogP contribution in [-0.2, 0) is 0 Å². The minimum atomic E-state index is -0.323. The van der Waals surface area contributed by atoms with Gasteiger partial charge in [0, 0.05) is 28.9 Å². The molecule has 2 atom stereocenters. The fourth-order valence-electron chi connectivity index (χ4n) is 3.50. The number of likely N-dealkylation sites (tertiary alicyclic amines) is 1.